The molecule has 1 unspecified atom stereocenters. The van der Waals surface area contributed by atoms with Crippen LogP contribution >= 0.6 is 0 Å². The van der Waals surface area contributed by atoms with E-state index in [4.69, 9.17) is 14.7 Å². The molecule has 5 heteroatoms. The second-order valence-electron chi connectivity index (χ2n) is 3.34. The first-order valence-electron chi connectivity index (χ1n) is 4.76. The molecule has 1 heterocycles. The molecule has 0 aromatic heterocycles. The minimum absolute atomic E-state index is 0.328. The summed E-state index contributed by atoms with van der Waals surface area (Å²) in [5, 5.41) is 8.54. The molecule has 1 saturated heterocycles. The molecule has 0 spiro atoms. The first-order chi connectivity index (χ1) is 7.74. The Balaban J connectivity index is 1.94. The summed E-state index contributed by atoms with van der Waals surface area (Å²) in [5.41, 5.74) is 0. The summed E-state index contributed by atoms with van der Waals surface area (Å²) in [5.74, 6) is 1.14. The van der Waals surface area contributed by atoms with Crippen LogP contribution < -0.4 is 9.47 Å². The Labute approximate surface area is 92.8 Å². The van der Waals surface area contributed by atoms with Gasteiger partial charge in [-0.15, -0.1) is 0 Å². The number of rotatable bonds is 2. The zero-order valence-electron chi connectivity index (χ0n) is 8.71. The molecule has 1 aromatic rings. The quantitative estimate of drug-likeness (QED) is 0.704. The standard InChI is InChI=1S/C11H10N2O3/c1-15-9-2-4-10(5-3-9)16-11(14)13-7-8(13)6-12/h2-5,8H,7H2,1H3. The van der Waals surface area contributed by atoms with Gasteiger partial charge in [-0.25, -0.2) is 4.79 Å². The predicted octanol–water partition coefficient (Wildman–Crippen LogP) is 1.40. The Morgan fingerprint density at radius 3 is 2.56 bits per heavy atom. The Morgan fingerprint density at radius 1 is 1.44 bits per heavy atom. The largest absolute Gasteiger partial charge is 0.497 e. The molecule has 0 aliphatic carbocycles. The molecule has 1 aromatic carbocycles. The van der Waals surface area contributed by atoms with Gasteiger partial charge in [0.1, 0.15) is 17.5 Å². The van der Waals surface area contributed by atoms with Crippen LogP contribution in [0.5, 0.6) is 11.5 Å². The van der Waals surface area contributed by atoms with E-state index in [1.165, 1.54) is 4.90 Å². The van der Waals surface area contributed by atoms with E-state index in [2.05, 4.69) is 0 Å². The lowest BCUT2D eigenvalue weighted by molar-refractivity contribution is 0.184. The van der Waals surface area contributed by atoms with Gasteiger partial charge in [-0.05, 0) is 24.3 Å². The summed E-state index contributed by atoms with van der Waals surface area (Å²) in [4.78, 5) is 12.8. The van der Waals surface area contributed by atoms with Crippen molar-refractivity contribution >= 4 is 6.09 Å². The van der Waals surface area contributed by atoms with E-state index in [1.54, 1.807) is 31.4 Å². The molecule has 16 heavy (non-hydrogen) atoms. The van der Waals surface area contributed by atoms with Crippen LogP contribution in [0.25, 0.3) is 0 Å². The Morgan fingerprint density at radius 2 is 2.06 bits per heavy atom. The van der Waals surface area contributed by atoms with Crippen molar-refractivity contribution in [2.24, 2.45) is 0 Å². The van der Waals surface area contributed by atoms with Gasteiger partial charge in [-0.3, -0.25) is 4.90 Å². The van der Waals surface area contributed by atoms with E-state index in [0.717, 1.165) is 0 Å². The molecule has 0 saturated carbocycles. The topological polar surface area (TPSA) is 62.3 Å². The van der Waals surface area contributed by atoms with Gasteiger partial charge in [0.15, 0.2) is 0 Å². The highest BCUT2D eigenvalue weighted by atomic mass is 16.6. The lowest BCUT2D eigenvalue weighted by atomic mass is 10.3. The van der Waals surface area contributed by atoms with Crippen LogP contribution in [0.3, 0.4) is 0 Å². The number of hydrogen-bond donors (Lipinski definition) is 0. The highest BCUT2D eigenvalue weighted by Crippen LogP contribution is 2.21. The summed E-state index contributed by atoms with van der Waals surface area (Å²) in [6.07, 6.45) is -0.489. The van der Waals surface area contributed by atoms with Gasteiger partial charge in [-0.2, -0.15) is 5.26 Å². The summed E-state index contributed by atoms with van der Waals surface area (Å²) in [6.45, 7) is 0.450. The third kappa shape index (κ3) is 2.06. The van der Waals surface area contributed by atoms with Gasteiger partial charge < -0.3 is 9.47 Å². The van der Waals surface area contributed by atoms with Crippen LogP contribution in [0.4, 0.5) is 4.79 Å². The molecule has 1 aliphatic rings. The smallest absolute Gasteiger partial charge is 0.416 e. The molecule has 0 N–H and O–H groups in total. The maximum absolute atomic E-state index is 11.4. The predicted molar refractivity (Wildman–Crippen MR) is 55.1 cm³/mol. The van der Waals surface area contributed by atoms with E-state index in [9.17, 15) is 4.79 Å². The second-order valence-corrected chi connectivity index (χ2v) is 3.34. The third-order valence-corrected chi connectivity index (χ3v) is 2.26. The van der Waals surface area contributed by atoms with Crippen LogP contribution in [-0.4, -0.2) is 30.7 Å². The van der Waals surface area contributed by atoms with Crippen molar-refractivity contribution in [3.05, 3.63) is 24.3 Å². The minimum Gasteiger partial charge on any atom is -0.497 e. The van der Waals surface area contributed by atoms with Crippen molar-refractivity contribution in [3.63, 3.8) is 0 Å². The van der Waals surface area contributed by atoms with E-state index >= 15 is 0 Å². The number of hydrogen-bond acceptors (Lipinski definition) is 4. The number of ether oxygens (including phenoxy) is 2. The lowest BCUT2D eigenvalue weighted by Crippen LogP contribution is -2.17. The number of nitrogens with zero attached hydrogens (tertiary/aromatic N) is 2. The summed E-state index contributed by atoms with van der Waals surface area (Å²) in [7, 11) is 1.56. The molecule has 82 valence electrons. The molecule has 5 nitrogen and oxygen atoms in total. The minimum atomic E-state index is -0.489. The number of benzene rings is 1. The van der Waals surface area contributed by atoms with E-state index < -0.39 is 6.09 Å². The fourth-order valence-electron chi connectivity index (χ4n) is 1.25. The van der Waals surface area contributed by atoms with Crippen LogP contribution in [-0.2, 0) is 0 Å². The van der Waals surface area contributed by atoms with Crippen LogP contribution in [0, 0.1) is 11.3 Å². The van der Waals surface area contributed by atoms with Gasteiger partial charge in [-0.1, -0.05) is 0 Å². The third-order valence-electron chi connectivity index (χ3n) is 2.26. The van der Waals surface area contributed by atoms with E-state index in [0.29, 0.717) is 18.0 Å². The maximum Gasteiger partial charge on any atom is 0.416 e. The van der Waals surface area contributed by atoms with Crippen molar-refractivity contribution < 1.29 is 14.3 Å². The highest BCUT2D eigenvalue weighted by Gasteiger charge is 2.40. The average Bonchev–Trinajstić information content (AvgIpc) is 3.09. The van der Waals surface area contributed by atoms with Gasteiger partial charge in [0.25, 0.3) is 0 Å². The fraction of sp³-hybridized carbons (Fsp3) is 0.273. The summed E-state index contributed by atoms with van der Waals surface area (Å²) in [6, 6.07) is 8.33. The van der Waals surface area contributed by atoms with E-state index in [-0.39, 0.29) is 6.04 Å². The zero-order valence-corrected chi connectivity index (χ0v) is 8.71. The molecular formula is C11H10N2O3. The SMILES string of the molecule is COc1ccc(OC(=O)N2CC2C#N)cc1. The van der Waals surface area contributed by atoms with Gasteiger partial charge in [0.2, 0.25) is 0 Å². The normalized spacial score (nSPS) is 17.5. The number of nitriles is 1. The molecule has 2 rings (SSSR count). The number of carbonyl (C=O) groups excluding carboxylic acids is 1. The first kappa shape index (κ1) is 10.3. The van der Waals surface area contributed by atoms with Crippen molar-refractivity contribution in [1.29, 1.82) is 5.26 Å². The van der Waals surface area contributed by atoms with Gasteiger partial charge in [0.05, 0.1) is 19.7 Å². The van der Waals surface area contributed by atoms with Crippen molar-refractivity contribution in [3.8, 4) is 17.6 Å². The molecule has 0 radical (unpaired) electrons. The monoisotopic (exact) mass is 218 g/mol. The summed E-state index contributed by atoms with van der Waals surface area (Å²) >= 11 is 0. The van der Waals surface area contributed by atoms with Crippen LogP contribution in [0.2, 0.25) is 0 Å². The van der Waals surface area contributed by atoms with Gasteiger partial charge >= 0.3 is 6.09 Å². The Hall–Kier alpha value is -2.22. The van der Waals surface area contributed by atoms with E-state index in [1.807, 2.05) is 6.07 Å². The lowest BCUT2D eigenvalue weighted by Gasteiger charge is -2.05. The Bertz CT molecular complexity index is 436. The fourth-order valence-corrected chi connectivity index (χ4v) is 1.25. The molecule has 1 aliphatic heterocycles. The van der Waals surface area contributed by atoms with Crippen molar-refractivity contribution in [2.45, 2.75) is 6.04 Å². The van der Waals surface area contributed by atoms with Crippen LogP contribution in [0.1, 0.15) is 0 Å². The molecule has 1 atom stereocenters. The van der Waals surface area contributed by atoms with Gasteiger partial charge in [0, 0.05) is 0 Å². The van der Waals surface area contributed by atoms with Crippen molar-refractivity contribution in [2.75, 3.05) is 13.7 Å². The second kappa shape index (κ2) is 4.11. The first-order valence-corrected chi connectivity index (χ1v) is 4.76. The average molecular weight is 218 g/mol. The highest BCUT2D eigenvalue weighted by molar-refractivity contribution is 5.74. The Kier molecular flexibility index (Phi) is 2.64. The molecule has 0 bridgehead atoms. The van der Waals surface area contributed by atoms with Crippen molar-refractivity contribution in [1.82, 2.24) is 4.90 Å². The number of amides is 1. The summed E-state index contributed by atoms with van der Waals surface area (Å²) < 4.78 is 10.0. The number of methoxy groups -OCH3 is 1. The molecule has 1 fully saturated rings. The van der Waals surface area contributed by atoms with Crippen LogP contribution in [0.15, 0.2) is 24.3 Å². The zero-order chi connectivity index (χ0) is 11.5. The molecular weight excluding hydrogens is 208 g/mol. The molecule has 1 amide bonds. The maximum atomic E-state index is 11.4. The number of carbonyl (C=O) groups is 1.